The molecule has 5 heteroatoms. The predicted molar refractivity (Wildman–Crippen MR) is 70.0 cm³/mol. The van der Waals surface area contributed by atoms with Crippen molar-refractivity contribution in [2.45, 2.75) is 33.1 Å². The number of aromatic nitrogens is 1. The number of nitrogens with two attached hydrogens (primary N) is 1. The summed E-state index contributed by atoms with van der Waals surface area (Å²) >= 11 is 0. The van der Waals surface area contributed by atoms with Gasteiger partial charge >= 0.3 is 0 Å². The standard InChI is InChI=1S/C13H18N4O/c1-9-7-10(2)17-13(11(9)8-14)16-6-4-3-5-12(15)18/h7H,3-6H2,1-2H3,(H2,15,18)(H,16,17). The zero-order chi connectivity index (χ0) is 13.5. The number of primary amides is 1. The molecule has 0 saturated carbocycles. The molecule has 1 rings (SSSR count). The van der Waals surface area contributed by atoms with Gasteiger partial charge in [-0.3, -0.25) is 4.79 Å². The summed E-state index contributed by atoms with van der Waals surface area (Å²) in [4.78, 5) is 14.9. The van der Waals surface area contributed by atoms with Crippen LogP contribution in [0.15, 0.2) is 6.07 Å². The van der Waals surface area contributed by atoms with Crippen LogP contribution in [0.5, 0.6) is 0 Å². The number of pyridine rings is 1. The van der Waals surface area contributed by atoms with Crippen LogP contribution in [-0.2, 0) is 4.79 Å². The lowest BCUT2D eigenvalue weighted by molar-refractivity contribution is -0.118. The molecule has 0 aromatic carbocycles. The van der Waals surface area contributed by atoms with Crippen molar-refractivity contribution in [1.82, 2.24) is 4.98 Å². The van der Waals surface area contributed by atoms with Gasteiger partial charge < -0.3 is 11.1 Å². The van der Waals surface area contributed by atoms with E-state index in [2.05, 4.69) is 16.4 Å². The third-order valence-electron chi connectivity index (χ3n) is 2.60. The van der Waals surface area contributed by atoms with E-state index in [0.29, 0.717) is 24.3 Å². The van der Waals surface area contributed by atoms with Gasteiger partial charge in [-0.1, -0.05) is 0 Å². The van der Waals surface area contributed by atoms with Crippen molar-refractivity contribution in [1.29, 1.82) is 5.26 Å². The van der Waals surface area contributed by atoms with Crippen LogP contribution in [0.2, 0.25) is 0 Å². The highest BCUT2D eigenvalue weighted by Crippen LogP contribution is 2.17. The largest absolute Gasteiger partial charge is 0.370 e. The Labute approximate surface area is 107 Å². The van der Waals surface area contributed by atoms with Gasteiger partial charge in [-0.05, 0) is 38.3 Å². The highest BCUT2D eigenvalue weighted by molar-refractivity contribution is 5.73. The Morgan fingerprint density at radius 2 is 2.22 bits per heavy atom. The molecular weight excluding hydrogens is 228 g/mol. The van der Waals surface area contributed by atoms with Gasteiger partial charge in [-0.25, -0.2) is 4.98 Å². The van der Waals surface area contributed by atoms with Crippen molar-refractivity contribution in [3.05, 3.63) is 22.9 Å². The van der Waals surface area contributed by atoms with Gasteiger partial charge in [0.1, 0.15) is 11.9 Å². The maximum Gasteiger partial charge on any atom is 0.217 e. The molecule has 1 aromatic heterocycles. The molecule has 0 bridgehead atoms. The lowest BCUT2D eigenvalue weighted by Crippen LogP contribution is -2.11. The molecule has 1 aromatic rings. The molecule has 5 nitrogen and oxygen atoms in total. The molecule has 0 unspecified atom stereocenters. The van der Waals surface area contributed by atoms with E-state index < -0.39 is 0 Å². The monoisotopic (exact) mass is 246 g/mol. The number of anilines is 1. The minimum Gasteiger partial charge on any atom is -0.370 e. The molecule has 0 radical (unpaired) electrons. The first kappa shape index (κ1) is 14.0. The quantitative estimate of drug-likeness (QED) is 0.746. The van der Waals surface area contributed by atoms with E-state index in [1.54, 1.807) is 0 Å². The number of hydrogen-bond acceptors (Lipinski definition) is 4. The molecule has 18 heavy (non-hydrogen) atoms. The summed E-state index contributed by atoms with van der Waals surface area (Å²) in [6, 6.07) is 4.04. The molecule has 0 aliphatic heterocycles. The number of nitrogens with zero attached hydrogens (tertiary/aromatic N) is 2. The summed E-state index contributed by atoms with van der Waals surface area (Å²) in [6.07, 6.45) is 1.96. The molecule has 0 aliphatic rings. The van der Waals surface area contributed by atoms with E-state index >= 15 is 0 Å². The Kier molecular flexibility index (Phi) is 5.12. The van der Waals surface area contributed by atoms with Crippen LogP contribution < -0.4 is 11.1 Å². The van der Waals surface area contributed by atoms with Gasteiger partial charge in [-0.2, -0.15) is 5.26 Å². The van der Waals surface area contributed by atoms with Gasteiger partial charge in [0.25, 0.3) is 0 Å². The lowest BCUT2D eigenvalue weighted by atomic mass is 10.1. The first-order valence-corrected chi connectivity index (χ1v) is 5.95. The minimum absolute atomic E-state index is 0.280. The smallest absolute Gasteiger partial charge is 0.217 e. The van der Waals surface area contributed by atoms with Crippen molar-refractivity contribution >= 4 is 11.7 Å². The Balaban J connectivity index is 2.57. The Morgan fingerprint density at radius 1 is 1.50 bits per heavy atom. The average Bonchev–Trinajstić information content (AvgIpc) is 2.27. The van der Waals surface area contributed by atoms with Crippen molar-refractivity contribution in [2.75, 3.05) is 11.9 Å². The number of nitriles is 1. The molecule has 96 valence electrons. The number of aryl methyl sites for hydroxylation is 2. The van der Waals surface area contributed by atoms with E-state index in [0.717, 1.165) is 24.1 Å². The summed E-state index contributed by atoms with van der Waals surface area (Å²) in [5.74, 6) is 0.339. The van der Waals surface area contributed by atoms with Crippen molar-refractivity contribution < 1.29 is 4.79 Å². The van der Waals surface area contributed by atoms with E-state index in [1.165, 1.54) is 0 Å². The maximum atomic E-state index is 10.6. The summed E-state index contributed by atoms with van der Waals surface area (Å²) in [7, 11) is 0. The molecule has 0 atom stereocenters. The fraction of sp³-hybridized carbons (Fsp3) is 0.462. The van der Waals surface area contributed by atoms with Crippen LogP contribution in [0.1, 0.15) is 36.1 Å². The molecule has 0 saturated heterocycles. The molecule has 0 spiro atoms. The second kappa shape index (κ2) is 6.60. The predicted octanol–water partition coefficient (Wildman–Crippen LogP) is 1.64. The lowest BCUT2D eigenvalue weighted by Gasteiger charge is -2.09. The second-order valence-corrected chi connectivity index (χ2v) is 4.27. The molecule has 3 N–H and O–H groups in total. The number of hydrogen-bond donors (Lipinski definition) is 2. The summed E-state index contributed by atoms with van der Waals surface area (Å²) in [5.41, 5.74) is 7.44. The van der Waals surface area contributed by atoms with E-state index in [1.807, 2.05) is 19.9 Å². The van der Waals surface area contributed by atoms with Crippen LogP contribution in [0.3, 0.4) is 0 Å². The van der Waals surface area contributed by atoms with Crippen LogP contribution >= 0.6 is 0 Å². The van der Waals surface area contributed by atoms with Gasteiger partial charge in [0.15, 0.2) is 0 Å². The SMILES string of the molecule is Cc1cc(C)c(C#N)c(NCCCCC(N)=O)n1. The number of nitrogens with one attached hydrogen (secondary N) is 1. The maximum absolute atomic E-state index is 10.6. The van der Waals surface area contributed by atoms with Gasteiger partial charge in [-0.15, -0.1) is 0 Å². The highest BCUT2D eigenvalue weighted by atomic mass is 16.1. The Morgan fingerprint density at radius 3 is 2.83 bits per heavy atom. The topological polar surface area (TPSA) is 91.8 Å². The Hall–Kier alpha value is -2.09. The average molecular weight is 246 g/mol. The summed E-state index contributed by atoms with van der Waals surface area (Å²) in [6.45, 7) is 4.47. The van der Waals surface area contributed by atoms with E-state index in [-0.39, 0.29) is 5.91 Å². The summed E-state index contributed by atoms with van der Waals surface area (Å²) in [5, 5.41) is 12.2. The van der Waals surface area contributed by atoms with Crippen LogP contribution in [0.4, 0.5) is 5.82 Å². The number of unbranched alkanes of at least 4 members (excludes halogenated alkanes) is 1. The van der Waals surface area contributed by atoms with Gasteiger partial charge in [0.05, 0.1) is 5.56 Å². The van der Waals surface area contributed by atoms with Crippen molar-refractivity contribution in [3.8, 4) is 6.07 Å². The zero-order valence-electron chi connectivity index (χ0n) is 10.8. The number of rotatable bonds is 6. The van der Waals surface area contributed by atoms with Crippen LogP contribution in [0, 0.1) is 25.2 Å². The third-order valence-corrected chi connectivity index (χ3v) is 2.60. The zero-order valence-corrected chi connectivity index (χ0v) is 10.8. The van der Waals surface area contributed by atoms with E-state index in [4.69, 9.17) is 11.0 Å². The van der Waals surface area contributed by atoms with E-state index in [9.17, 15) is 4.79 Å². The first-order valence-electron chi connectivity index (χ1n) is 5.95. The summed E-state index contributed by atoms with van der Waals surface area (Å²) < 4.78 is 0. The number of carbonyl (C=O) groups excluding carboxylic acids is 1. The molecule has 0 fully saturated rings. The van der Waals surface area contributed by atoms with Gasteiger partial charge in [0, 0.05) is 18.7 Å². The highest BCUT2D eigenvalue weighted by Gasteiger charge is 2.07. The minimum atomic E-state index is -0.280. The second-order valence-electron chi connectivity index (χ2n) is 4.27. The third kappa shape index (κ3) is 4.06. The number of amides is 1. The fourth-order valence-corrected chi connectivity index (χ4v) is 1.74. The van der Waals surface area contributed by atoms with Crippen molar-refractivity contribution in [2.24, 2.45) is 5.73 Å². The van der Waals surface area contributed by atoms with Crippen molar-refractivity contribution in [3.63, 3.8) is 0 Å². The molecule has 0 aliphatic carbocycles. The number of carbonyl (C=O) groups is 1. The fourth-order valence-electron chi connectivity index (χ4n) is 1.74. The van der Waals surface area contributed by atoms with Crippen LogP contribution in [-0.4, -0.2) is 17.4 Å². The molecule has 1 amide bonds. The molecule has 1 heterocycles. The Bertz CT molecular complexity index is 477. The molecular formula is C13H18N4O. The normalized spacial score (nSPS) is 9.83. The van der Waals surface area contributed by atoms with Gasteiger partial charge in [0.2, 0.25) is 5.91 Å². The first-order chi connectivity index (χ1) is 8.54. The van der Waals surface area contributed by atoms with Crippen LogP contribution in [0.25, 0.3) is 0 Å².